The van der Waals surface area contributed by atoms with Crippen molar-refractivity contribution in [3.8, 4) is 5.75 Å². The van der Waals surface area contributed by atoms with Crippen molar-refractivity contribution < 1.29 is 14.3 Å². The molecule has 0 heterocycles. The summed E-state index contributed by atoms with van der Waals surface area (Å²) in [6.07, 6.45) is 0. The smallest absolute Gasteiger partial charge is 0.257 e. The number of hydrogen-bond donors (Lipinski definition) is 2. The van der Waals surface area contributed by atoms with E-state index in [9.17, 15) is 4.79 Å². The third-order valence-electron chi connectivity index (χ3n) is 3.53. The van der Waals surface area contributed by atoms with Crippen LogP contribution in [0.2, 0.25) is 0 Å². The Balaban J connectivity index is 1.91. The lowest BCUT2D eigenvalue weighted by Gasteiger charge is -2.12. The molecule has 0 fully saturated rings. The lowest BCUT2D eigenvalue weighted by atomic mass is 10.1. The highest BCUT2D eigenvalue weighted by molar-refractivity contribution is 7.80. The quantitative estimate of drug-likeness (QED) is 0.612. The Bertz CT molecular complexity index is 745. The van der Waals surface area contributed by atoms with Gasteiger partial charge in [0.15, 0.2) is 5.11 Å². The predicted octanol–water partition coefficient (Wildman–Crippen LogP) is 3.46. The topological polar surface area (TPSA) is 59.6 Å². The highest BCUT2D eigenvalue weighted by atomic mass is 32.1. The maximum absolute atomic E-state index is 12.3. The molecular formula is C19H22N2O3S. The molecule has 25 heavy (non-hydrogen) atoms. The van der Waals surface area contributed by atoms with Crippen molar-refractivity contribution in [2.24, 2.45) is 0 Å². The van der Waals surface area contributed by atoms with Gasteiger partial charge in [0.25, 0.3) is 5.91 Å². The lowest BCUT2D eigenvalue weighted by molar-refractivity contribution is 0.0977. The molecule has 5 nitrogen and oxygen atoms in total. The van der Waals surface area contributed by atoms with E-state index in [2.05, 4.69) is 16.7 Å². The number of rotatable bonds is 6. The van der Waals surface area contributed by atoms with Crippen molar-refractivity contribution in [1.82, 2.24) is 5.32 Å². The van der Waals surface area contributed by atoms with Gasteiger partial charge in [-0.15, -0.1) is 0 Å². The maximum atomic E-state index is 12.3. The van der Waals surface area contributed by atoms with Gasteiger partial charge >= 0.3 is 0 Å². The second kappa shape index (κ2) is 9.15. The minimum Gasteiger partial charge on any atom is -0.491 e. The van der Waals surface area contributed by atoms with Crippen LogP contribution in [-0.4, -0.2) is 31.3 Å². The van der Waals surface area contributed by atoms with Crippen LogP contribution in [0.5, 0.6) is 5.75 Å². The Hall–Kier alpha value is -2.44. The van der Waals surface area contributed by atoms with Gasteiger partial charge in [0.2, 0.25) is 0 Å². The van der Waals surface area contributed by atoms with Gasteiger partial charge in [-0.2, -0.15) is 0 Å². The van der Waals surface area contributed by atoms with Gasteiger partial charge in [0.05, 0.1) is 6.61 Å². The molecule has 0 radical (unpaired) electrons. The summed E-state index contributed by atoms with van der Waals surface area (Å²) >= 11 is 5.22. The summed E-state index contributed by atoms with van der Waals surface area (Å²) in [5.74, 6) is 0.412. The summed E-state index contributed by atoms with van der Waals surface area (Å²) in [4.78, 5) is 12.3. The van der Waals surface area contributed by atoms with Gasteiger partial charge in [-0.3, -0.25) is 10.1 Å². The SMILES string of the molecule is COCCOc1ccc(C(=O)NC(=S)Nc2ccc(C)cc2C)cc1. The van der Waals surface area contributed by atoms with Gasteiger partial charge in [-0.1, -0.05) is 17.7 Å². The summed E-state index contributed by atoms with van der Waals surface area (Å²) in [5.41, 5.74) is 3.61. The van der Waals surface area contributed by atoms with Gasteiger partial charge in [-0.25, -0.2) is 0 Å². The molecule has 0 aliphatic rings. The average Bonchev–Trinajstić information content (AvgIpc) is 2.58. The molecule has 0 bridgehead atoms. The van der Waals surface area contributed by atoms with Crippen LogP contribution < -0.4 is 15.4 Å². The second-order valence-corrected chi connectivity index (χ2v) is 6.00. The Labute approximate surface area is 153 Å². The fraction of sp³-hybridized carbons (Fsp3) is 0.263. The van der Waals surface area contributed by atoms with Crippen LogP contribution in [0.3, 0.4) is 0 Å². The van der Waals surface area contributed by atoms with Crippen LogP contribution in [0, 0.1) is 13.8 Å². The van der Waals surface area contributed by atoms with Crippen LogP contribution in [0.25, 0.3) is 0 Å². The Morgan fingerprint density at radius 2 is 1.80 bits per heavy atom. The van der Waals surface area contributed by atoms with Crippen LogP contribution in [-0.2, 0) is 4.74 Å². The van der Waals surface area contributed by atoms with E-state index < -0.39 is 0 Å². The van der Waals surface area contributed by atoms with Crippen LogP contribution in [0.15, 0.2) is 42.5 Å². The zero-order chi connectivity index (χ0) is 18.2. The van der Waals surface area contributed by atoms with Crippen molar-refractivity contribution in [2.45, 2.75) is 13.8 Å². The molecule has 0 unspecified atom stereocenters. The molecular weight excluding hydrogens is 336 g/mol. The number of ether oxygens (including phenoxy) is 2. The Kier molecular flexibility index (Phi) is 6.91. The minimum atomic E-state index is -0.272. The molecule has 2 aromatic rings. The van der Waals surface area contributed by atoms with E-state index in [1.54, 1.807) is 31.4 Å². The fourth-order valence-electron chi connectivity index (χ4n) is 2.23. The van der Waals surface area contributed by atoms with E-state index >= 15 is 0 Å². The third kappa shape index (κ3) is 5.85. The third-order valence-corrected chi connectivity index (χ3v) is 3.73. The summed E-state index contributed by atoms with van der Waals surface area (Å²) < 4.78 is 10.4. The summed E-state index contributed by atoms with van der Waals surface area (Å²) in [7, 11) is 1.62. The number of thiocarbonyl (C=S) groups is 1. The summed E-state index contributed by atoms with van der Waals surface area (Å²) in [5, 5.41) is 5.99. The predicted molar refractivity (Wildman–Crippen MR) is 103 cm³/mol. The summed E-state index contributed by atoms with van der Waals surface area (Å²) in [6.45, 7) is 4.99. The first kappa shape index (κ1) is 18.9. The number of methoxy groups -OCH3 is 1. The van der Waals surface area contributed by atoms with Crippen molar-refractivity contribution in [3.63, 3.8) is 0 Å². The fourth-order valence-corrected chi connectivity index (χ4v) is 2.43. The van der Waals surface area contributed by atoms with Crippen molar-refractivity contribution in [3.05, 3.63) is 59.2 Å². The van der Waals surface area contributed by atoms with E-state index in [0.717, 1.165) is 11.3 Å². The van der Waals surface area contributed by atoms with E-state index in [0.29, 0.717) is 24.5 Å². The zero-order valence-corrected chi connectivity index (χ0v) is 15.4. The highest BCUT2D eigenvalue weighted by Crippen LogP contribution is 2.16. The molecule has 2 rings (SSSR count). The molecule has 0 saturated heterocycles. The number of hydrogen-bond acceptors (Lipinski definition) is 4. The van der Waals surface area contributed by atoms with Crippen molar-refractivity contribution >= 4 is 28.9 Å². The van der Waals surface area contributed by atoms with E-state index in [-0.39, 0.29) is 11.0 Å². The number of benzene rings is 2. The number of amides is 1. The summed E-state index contributed by atoms with van der Waals surface area (Å²) in [6, 6.07) is 12.8. The van der Waals surface area contributed by atoms with Gasteiger partial charge in [0.1, 0.15) is 12.4 Å². The standard InChI is InChI=1S/C19H22N2O3S/c1-13-4-9-17(14(2)12-13)20-19(25)21-18(22)15-5-7-16(8-6-15)24-11-10-23-3/h4-9,12H,10-11H2,1-3H3,(H2,20,21,22,25). The molecule has 1 amide bonds. The first-order valence-corrected chi connectivity index (χ1v) is 8.32. The largest absolute Gasteiger partial charge is 0.491 e. The molecule has 2 N–H and O–H groups in total. The molecule has 0 atom stereocenters. The molecule has 6 heteroatoms. The molecule has 0 aromatic heterocycles. The average molecular weight is 358 g/mol. The van der Waals surface area contributed by atoms with Gasteiger partial charge in [-0.05, 0) is 62.0 Å². The molecule has 0 saturated carbocycles. The Morgan fingerprint density at radius 1 is 1.08 bits per heavy atom. The molecule has 2 aromatic carbocycles. The molecule has 132 valence electrons. The second-order valence-electron chi connectivity index (χ2n) is 5.59. The number of carbonyl (C=O) groups excluding carboxylic acids is 1. The van der Waals surface area contributed by atoms with Crippen LogP contribution in [0.1, 0.15) is 21.5 Å². The normalized spacial score (nSPS) is 10.2. The van der Waals surface area contributed by atoms with Gasteiger partial charge in [0, 0.05) is 18.4 Å². The van der Waals surface area contributed by atoms with Crippen molar-refractivity contribution in [1.29, 1.82) is 0 Å². The van der Waals surface area contributed by atoms with Gasteiger partial charge < -0.3 is 14.8 Å². The van der Waals surface area contributed by atoms with Crippen molar-refractivity contribution in [2.75, 3.05) is 25.6 Å². The van der Waals surface area contributed by atoms with Crippen LogP contribution >= 0.6 is 12.2 Å². The van der Waals surface area contributed by atoms with E-state index in [1.165, 1.54) is 5.56 Å². The molecule has 0 spiro atoms. The van der Waals surface area contributed by atoms with Crippen LogP contribution in [0.4, 0.5) is 5.69 Å². The Morgan fingerprint density at radius 3 is 2.44 bits per heavy atom. The van der Waals surface area contributed by atoms with E-state index in [4.69, 9.17) is 21.7 Å². The zero-order valence-electron chi connectivity index (χ0n) is 14.6. The number of nitrogens with one attached hydrogen (secondary N) is 2. The molecule has 0 aliphatic carbocycles. The molecule has 0 aliphatic heterocycles. The number of anilines is 1. The lowest BCUT2D eigenvalue weighted by Crippen LogP contribution is -2.34. The first-order valence-electron chi connectivity index (χ1n) is 7.91. The highest BCUT2D eigenvalue weighted by Gasteiger charge is 2.09. The monoisotopic (exact) mass is 358 g/mol. The minimum absolute atomic E-state index is 0.261. The number of aryl methyl sites for hydroxylation is 2. The number of carbonyl (C=O) groups is 1. The maximum Gasteiger partial charge on any atom is 0.257 e. The van der Waals surface area contributed by atoms with E-state index in [1.807, 2.05) is 26.0 Å². The first-order chi connectivity index (χ1) is 12.0.